The maximum atomic E-state index is 14.7. The normalized spacial score (nSPS) is 20.5. The van der Waals surface area contributed by atoms with Crippen molar-refractivity contribution in [2.45, 2.75) is 57.8 Å². The lowest BCUT2D eigenvalue weighted by Crippen LogP contribution is -2.14. The molecule has 1 fully saturated rings. The Morgan fingerprint density at radius 2 is 1.54 bits per heavy atom. The van der Waals surface area contributed by atoms with Crippen LogP contribution < -0.4 is 0 Å². The minimum Gasteiger partial charge on any atom is -0.205 e. The van der Waals surface area contributed by atoms with Gasteiger partial charge in [0, 0.05) is 11.1 Å². The molecule has 140 valence electrons. The van der Waals surface area contributed by atoms with Crippen molar-refractivity contribution in [3.05, 3.63) is 59.2 Å². The summed E-state index contributed by atoms with van der Waals surface area (Å²) < 4.78 is 54.6. The molecule has 0 bridgehead atoms. The SMILES string of the molecule is CCCC1CCC(c2ccc(-c3ccc(C(F)F)cc3)c(F)c2F)CC1. The first-order valence-electron chi connectivity index (χ1n) is 9.37. The van der Waals surface area contributed by atoms with E-state index in [0.29, 0.717) is 17.0 Å². The molecule has 0 aromatic heterocycles. The van der Waals surface area contributed by atoms with Gasteiger partial charge >= 0.3 is 0 Å². The number of halogens is 4. The smallest absolute Gasteiger partial charge is 0.205 e. The zero-order valence-electron chi connectivity index (χ0n) is 15.0. The molecule has 0 N–H and O–H groups in total. The maximum Gasteiger partial charge on any atom is 0.263 e. The quantitative estimate of drug-likeness (QED) is 0.478. The van der Waals surface area contributed by atoms with Crippen LogP contribution in [-0.4, -0.2) is 0 Å². The first-order chi connectivity index (χ1) is 12.5. The summed E-state index contributed by atoms with van der Waals surface area (Å²) in [6.07, 6.45) is 3.71. The van der Waals surface area contributed by atoms with Crippen LogP contribution in [0.2, 0.25) is 0 Å². The highest BCUT2D eigenvalue weighted by Gasteiger charge is 2.26. The van der Waals surface area contributed by atoms with Gasteiger partial charge in [0.05, 0.1) is 0 Å². The van der Waals surface area contributed by atoms with E-state index in [9.17, 15) is 17.6 Å². The van der Waals surface area contributed by atoms with E-state index in [-0.39, 0.29) is 17.0 Å². The standard InChI is InChI=1S/C22H24F4/c1-2-3-14-4-6-15(7-5-14)18-12-13-19(21(24)20(18)23)16-8-10-17(11-9-16)22(25)26/h8-15,22H,2-7H2,1H3. The van der Waals surface area contributed by atoms with Crippen molar-refractivity contribution in [1.29, 1.82) is 0 Å². The molecular formula is C22H24F4. The summed E-state index contributed by atoms with van der Waals surface area (Å²) in [5.41, 5.74) is 0.844. The van der Waals surface area contributed by atoms with E-state index in [4.69, 9.17) is 0 Å². The number of hydrogen-bond donors (Lipinski definition) is 0. The Labute approximate surface area is 152 Å². The zero-order valence-corrected chi connectivity index (χ0v) is 15.0. The third-order valence-electron chi connectivity index (χ3n) is 5.57. The molecule has 1 saturated carbocycles. The van der Waals surface area contributed by atoms with Gasteiger partial charge in [-0.15, -0.1) is 0 Å². The van der Waals surface area contributed by atoms with Crippen LogP contribution in [0.15, 0.2) is 36.4 Å². The van der Waals surface area contributed by atoms with Gasteiger partial charge in [0.15, 0.2) is 11.6 Å². The van der Waals surface area contributed by atoms with Crippen molar-refractivity contribution in [3.8, 4) is 11.1 Å². The van der Waals surface area contributed by atoms with E-state index in [1.54, 1.807) is 12.1 Å². The molecule has 0 saturated heterocycles. The number of benzene rings is 2. The van der Waals surface area contributed by atoms with Gasteiger partial charge in [-0.2, -0.15) is 0 Å². The van der Waals surface area contributed by atoms with Gasteiger partial charge in [-0.05, 0) is 48.6 Å². The second-order valence-electron chi connectivity index (χ2n) is 7.26. The van der Waals surface area contributed by atoms with Gasteiger partial charge < -0.3 is 0 Å². The molecule has 1 aliphatic rings. The van der Waals surface area contributed by atoms with Crippen molar-refractivity contribution in [3.63, 3.8) is 0 Å². The fraction of sp³-hybridized carbons (Fsp3) is 0.455. The van der Waals surface area contributed by atoms with Crippen molar-refractivity contribution >= 4 is 0 Å². The Morgan fingerprint density at radius 3 is 2.12 bits per heavy atom. The van der Waals surface area contributed by atoms with Crippen LogP contribution in [0.3, 0.4) is 0 Å². The van der Waals surface area contributed by atoms with Crippen LogP contribution in [-0.2, 0) is 0 Å². The zero-order chi connectivity index (χ0) is 18.7. The molecule has 4 heteroatoms. The van der Waals surface area contributed by atoms with Crippen LogP contribution in [0.25, 0.3) is 11.1 Å². The van der Waals surface area contributed by atoms with Crippen molar-refractivity contribution in [1.82, 2.24) is 0 Å². The first kappa shape index (κ1) is 18.9. The van der Waals surface area contributed by atoms with E-state index < -0.39 is 18.1 Å². The van der Waals surface area contributed by atoms with E-state index in [1.165, 1.54) is 30.7 Å². The number of alkyl halides is 2. The summed E-state index contributed by atoms with van der Waals surface area (Å²) in [5.74, 6) is -0.910. The van der Waals surface area contributed by atoms with Crippen LogP contribution in [0, 0.1) is 17.6 Å². The Balaban J connectivity index is 1.80. The first-order valence-corrected chi connectivity index (χ1v) is 9.37. The summed E-state index contributed by atoms with van der Waals surface area (Å²) in [6, 6.07) is 8.56. The molecule has 0 amide bonds. The van der Waals surface area contributed by atoms with Gasteiger partial charge in [0.2, 0.25) is 0 Å². The van der Waals surface area contributed by atoms with E-state index in [0.717, 1.165) is 32.1 Å². The minimum absolute atomic E-state index is 0.0628. The minimum atomic E-state index is -2.57. The monoisotopic (exact) mass is 364 g/mol. The molecule has 26 heavy (non-hydrogen) atoms. The van der Waals surface area contributed by atoms with E-state index in [1.807, 2.05) is 0 Å². The molecule has 2 aromatic carbocycles. The fourth-order valence-corrected chi connectivity index (χ4v) is 4.08. The summed E-state index contributed by atoms with van der Waals surface area (Å²) >= 11 is 0. The highest BCUT2D eigenvalue weighted by Crippen LogP contribution is 2.40. The number of hydrogen-bond acceptors (Lipinski definition) is 0. The fourth-order valence-electron chi connectivity index (χ4n) is 4.08. The number of rotatable bonds is 5. The average Bonchev–Trinajstić information content (AvgIpc) is 2.65. The Hall–Kier alpha value is -1.84. The molecule has 0 spiro atoms. The summed E-state index contributed by atoms with van der Waals surface area (Å²) in [7, 11) is 0. The lowest BCUT2D eigenvalue weighted by Gasteiger charge is -2.29. The summed E-state index contributed by atoms with van der Waals surface area (Å²) in [4.78, 5) is 0. The molecule has 0 aliphatic heterocycles. The molecule has 2 aromatic rings. The summed E-state index contributed by atoms with van der Waals surface area (Å²) in [5, 5.41) is 0. The largest absolute Gasteiger partial charge is 0.263 e. The molecule has 0 nitrogen and oxygen atoms in total. The Morgan fingerprint density at radius 1 is 0.885 bits per heavy atom. The second-order valence-corrected chi connectivity index (χ2v) is 7.26. The Kier molecular flexibility index (Phi) is 6.00. The van der Waals surface area contributed by atoms with Gasteiger partial charge in [0.1, 0.15) is 0 Å². The van der Waals surface area contributed by atoms with Gasteiger partial charge in [-0.3, -0.25) is 0 Å². The highest BCUT2D eigenvalue weighted by molar-refractivity contribution is 5.65. The molecule has 0 unspecified atom stereocenters. The van der Waals surface area contributed by atoms with Crippen molar-refractivity contribution in [2.75, 3.05) is 0 Å². The average molecular weight is 364 g/mol. The third kappa shape index (κ3) is 3.94. The molecular weight excluding hydrogens is 340 g/mol. The van der Waals surface area contributed by atoms with Crippen LogP contribution in [0.5, 0.6) is 0 Å². The molecule has 0 atom stereocenters. The predicted octanol–water partition coefficient (Wildman–Crippen LogP) is 7.64. The maximum absolute atomic E-state index is 14.7. The highest BCUT2D eigenvalue weighted by atomic mass is 19.3. The van der Waals surface area contributed by atoms with Crippen LogP contribution >= 0.6 is 0 Å². The van der Waals surface area contributed by atoms with Gasteiger partial charge in [0.25, 0.3) is 6.43 Å². The van der Waals surface area contributed by atoms with E-state index in [2.05, 4.69) is 6.92 Å². The van der Waals surface area contributed by atoms with E-state index >= 15 is 0 Å². The molecule has 1 aliphatic carbocycles. The topological polar surface area (TPSA) is 0 Å². The van der Waals surface area contributed by atoms with Crippen molar-refractivity contribution < 1.29 is 17.6 Å². The predicted molar refractivity (Wildman–Crippen MR) is 96.4 cm³/mol. The lowest BCUT2D eigenvalue weighted by atomic mass is 9.77. The van der Waals surface area contributed by atoms with Crippen LogP contribution in [0.1, 0.15) is 68.9 Å². The summed E-state index contributed by atoms with van der Waals surface area (Å²) in [6.45, 7) is 2.17. The third-order valence-corrected chi connectivity index (χ3v) is 5.57. The molecule has 3 rings (SSSR count). The lowest BCUT2D eigenvalue weighted by molar-refractivity contribution is 0.151. The van der Waals surface area contributed by atoms with Crippen molar-refractivity contribution in [2.24, 2.45) is 5.92 Å². The van der Waals surface area contributed by atoms with Crippen LogP contribution in [0.4, 0.5) is 17.6 Å². The molecule has 0 heterocycles. The van der Waals surface area contributed by atoms with Gasteiger partial charge in [-0.25, -0.2) is 17.6 Å². The Bertz CT molecular complexity index is 729. The van der Waals surface area contributed by atoms with Gasteiger partial charge in [-0.1, -0.05) is 56.2 Å². The second kappa shape index (κ2) is 8.24. The molecule has 0 radical (unpaired) electrons.